The van der Waals surface area contributed by atoms with Crippen molar-refractivity contribution in [3.05, 3.63) is 102 Å². The van der Waals surface area contributed by atoms with E-state index in [1.54, 1.807) is 12.1 Å². The van der Waals surface area contributed by atoms with E-state index in [4.69, 9.17) is 9.47 Å². The summed E-state index contributed by atoms with van der Waals surface area (Å²) in [7, 11) is 0. The van der Waals surface area contributed by atoms with Crippen molar-refractivity contribution in [1.82, 2.24) is 4.90 Å². The van der Waals surface area contributed by atoms with E-state index in [1.165, 1.54) is 30.3 Å². The van der Waals surface area contributed by atoms with Gasteiger partial charge in [0.05, 0.1) is 0 Å². The Morgan fingerprint density at radius 1 is 1.00 bits per heavy atom. The van der Waals surface area contributed by atoms with Crippen molar-refractivity contribution in [2.45, 2.75) is 6.04 Å². The molecule has 3 aromatic carbocycles. The highest BCUT2D eigenvalue weighted by atomic mass is 19.1. The Morgan fingerprint density at radius 3 is 2.47 bits per heavy atom. The Hall–Kier alpha value is -3.93. The molecule has 5 nitrogen and oxygen atoms in total. The smallest absolute Gasteiger partial charge is 0.417 e. The number of hydrogen-bond donors (Lipinski definition) is 0. The van der Waals surface area contributed by atoms with Crippen LogP contribution in [0.25, 0.3) is 6.08 Å². The number of carbonyl (C=O) groups is 2. The summed E-state index contributed by atoms with van der Waals surface area (Å²) in [4.78, 5) is 25.9. The van der Waals surface area contributed by atoms with Crippen molar-refractivity contribution in [2.75, 3.05) is 6.61 Å². The third-order valence-electron chi connectivity index (χ3n) is 4.66. The number of halogens is 1. The number of nitrogens with zero attached hydrogens (tertiary/aromatic N) is 1. The van der Waals surface area contributed by atoms with Crippen molar-refractivity contribution in [1.29, 1.82) is 0 Å². The predicted molar refractivity (Wildman–Crippen MR) is 109 cm³/mol. The first-order chi connectivity index (χ1) is 14.6. The lowest BCUT2D eigenvalue weighted by Crippen LogP contribution is -2.32. The van der Waals surface area contributed by atoms with E-state index in [0.29, 0.717) is 22.6 Å². The zero-order valence-corrected chi connectivity index (χ0v) is 15.9. The number of amides is 2. The highest BCUT2D eigenvalue weighted by Gasteiger charge is 2.37. The maximum Gasteiger partial charge on any atom is 0.417 e. The van der Waals surface area contributed by atoms with Gasteiger partial charge in [0.25, 0.3) is 5.91 Å². The first-order valence-electron chi connectivity index (χ1n) is 9.37. The molecule has 1 saturated heterocycles. The number of benzene rings is 3. The zero-order chi connectivity index (χ0) is 20.9. The summed E-state index contributed by atoms with van der Waals surface area (Å²) in [5.74, 6) is 0.328. The van der Waals surface area contributed by atoms with Crippen molar-refractivity contribution in [3.63, 3.8) is 0 Å². The van der Waals surface area contributed by atoms with Gasteiger partial charge in [0.1, 0.15) is 30.0 Å². The van der Waals surface area contributed by atoms with Crippen LogP contribution in [-0.4, -0.2) is 23.5 Å². The topological polar surface area (TPSA) is 55.8 Å². The number of rotatable bonds is 5. The van der Waals surface area contributed by atoms with Gasteiger partial charge in [0, 0.05) is 11.6 Å². The highest BCUT2D eigenvalue weighted by molar-refractivity contribution is 6.02. The summed E-state index contributed by atoms with van der Waals surface area (Å²) in [6.07, 6.45) is 2.16. The van der Waals surface area contributed by atoms with E-state index in [0.717, 1.165) is 4.90 Å². The summed E-state index contributed by atoms with van der Waals surface area (Å²) >= 11 is 0. The molecule has 0 N–H and O–H groups in total. The molecular formula is C24H18FNO4. The van der Waals surface area contributed by atoms with Crippen LogP contribution in [0.4, 0.5) is 9.18 Å². The molecule has 2 amide bonds. The molecule has 3 aromatic rings. The Labute approximate surface area is 173 Å². The molecule has 1 unspecified atom stereocenters. The number of hydrogen-bond acceptors (Lipinski definition) is 4. The fourth-order valence-electron chi connectivity index (χ4n) is 3.16. The maximum atomic E-state index is 13.2. The van der Waals surface area contributed by atoms with Crippen LogP contribution in [0.5, 0.6) is 11.5 Å². The van der Waals surface area contributed by atoms with Gasteiger partial charge in [0.2, 0.25) is 0 Å². The minimum absolute atomic E-state index is 0.0255. The van der Waals surface area contributed by atoms with Gasteiger partial charge in [-0.3, -0.25) is 4.79 Å². The van der Waals surface area contributed by atoms with E-state index < -0.39 is 23.9 Å². The van der Waals surface area contributed by atoms with E-state index in [9.17, 15) is 14.0 Å². The Bertz CT molecular complexity index is 1080. The number of para-hydroxylation sites is 2. The van der Waals surface area contributed by atoms with E-state index in [1.807, 2.05) is 48.5 Å². The van der Waals surface area contributed by atoms with Gasteiger partial charge in [-0.15, -0.1) is 0 Å². The molecule has 6 heteroatoms. The van der Waals surface area contributed by atoms with Gasteiger partial charge in [-0.05, 0) is 42.0 Å². The molecule has 0 spiro atoms. The van der Waals surface area contributed by atoms with Crippen molar-refractivity contribution in [3.8, 4) is 11.5 Å². The molecule has 0 aliphatic carbocycles. The zero-order valence-electron chi connectivity index (χ0n) is 15.9. The third-order valence-corrected chi connectivity index (χ3v) is 4.66. The molecular weight excluding hydrogens is 385 g/mol. The largest absolute Gasteiger partial charge is 0.457 e. The van der Waals surface area contributed by atoms with Crippen LogP contribution in [-0.2, 0) is 9.53 Å². The SMILES string of the molecule is O=C(C=Cc1ccccc1Oc1ccccc1)N1C(=O)OCC1c1ccc(F)cc1. The van der Waals surface area contributed by atoms with Gasteiger partial charge in [-0.2, -0.15) is 0 Å². The lowest BCUT2D eigenvalue weighted by molar-refractivity contribution is -0.124. The van der Waals surface area contributed by atoms with Crippen molar-refractivity contribution in [2.24, 2.45) is 0 Å². The average Bonchev–Trinajstić information content (AvgIpc) is 3.15. The number of cyclic esters (lactones) is 1. The number of imide groups is 1. The van der Waals surface area contributed by atoms with Crippen LogP contribution >= 0.6 is 0 Å². The minimum Gasteiger partial charge on any atom is -0.457 e. The first kappa shape index (κ1) is 19.4. The fraction of sp³-hybridized carbons (Fsp3) is 0.0833. The predicted octanol–water partition coefficient (Wildman–Crippen LogP) is 5.35. The summed E-state index contributed by atoms with van der Waals surface area (Å²) < 4.78 is 24.1. The molecule has 0 saturated carbocycles. The highest BCUT2D eigenvalue weighted by Crippen LogP contribution is 2.29. The van der Waals surface area contributed by atoms with Crippen molar-refractivity contribution < 1.29 is 23.5 Å². The third kappa shape index (κ3) is 4.22. The molecule has 1 aliphatic rings. The second kappa shape index (κ2) is 8.61. The molecule has 1 atom stereocenters. The van der Waals surface area contributed by atoms with Gasteiger partial charge in [-0.1, -0.05) is 48.5 Å². The molecule has 0 aromatic heterocycles. The lowest BCUT2D eigenvalue weighted by atomic mass is 10.1. The molecule has 4 rings (SSSR count). The quantitative estimate of drug-likeness (QED) is 0.539. The molecule has 0 bridgehead atoms. The van der Waals surface area contributed by atoms with Gasteiger partial charge < -0.3 is 9.47 Å². The van der Waals surface area contributed by atoms with Crippen LogP contribution in [0.2, 0.25) is 0 Å². The average molecular weight is 403 g/mol. The van der Waals surface area contributed by atoms with Gasteiger partial charge in [-0.25, -0.2) is 14.1 Å². The molecule has 150 valence electrons. The number of carbonyl (C=O) groups excluding carboxylic acids is 2. The van der Waals surface area contributed by atoms with Gasteiger partial charge in [0.15, 0.2) is 0 Å². The van der Waals surface area contributed by atoms with E-state index >= 15 is 0 Å². The lowest BCUT2D eigenvalue weighted by Gasteiger charge is -2.18. The molecule has 1 fully saturated rings. The van der Waals surface area contributed by atoms with Crippen LogP contribution in [0.15, 0.2) is 84.9 Å². The van der Waals surface area contributed by atoms with E-state index in [-0.39, 0.29) is 6.61 Å². The summed E-state index contributed by atoms with van der Waals surface area (Å²) in [5.41, 5.74) is 1.30. The normalized spacial score (nSPS) is 16.0. The Kier molecular flexibility index (Phi) is 5.57. The summed E-state index contributed by atoms with van der Waals surface area (Å²) in [5, 5.41) is 0. The molecule has 0 radical (unpaired) electrons. The Balaban J connectivity index is 1.54. The van der Waals surface area contributed by atoms with Crippen molar-refractivity contribution >= 4 is 18.1 Å². The molecule has 30 heavy (non-hydrogen) atoms. The second-order valence-corrected chi connectivity index (χ2v) is 6.64. The molecule has 1 heterocycles. The maximum absolute atomic E-state index is 13.2. The van der Waals surface area contributed by atoms with Gasteiger partial charge >= 0.3 is 6.09 Å². The molecule has 1 aliphatic heterocycles. The van der Waals surface area contributed by atoms with Crippen LogP contribution < -0.4 is 4.74 Å². The summed E-state index contributed by atoms with van der Waals surface area (Å²) in [6, 6.07) is 21.6. The summed E-state index contributed by atoms with van der Waals surface area (Å²) in [6.45, 7) is 0.0255. The second-order valence-electron chi connectivity index (χ2n) is 6.64. The standard InChI is InChI=1S/C24H18FNO4/c25-19-13-10-17(11-14-19)21-16-29-24(28)26(21)23(27)15-12-18-6-4-5-9-22(18)30-20-7-2-1-3-8-20/h1-15,21H,16H2. The fourth-order valence-corrected chi connectivity index (χ4v) is 3.16. The minimum atomic E-state index is -0.729. The van der Waals surface area contributed by atoms with E-state index in [2.05, 4.69) is 0 Å². The van der Waals surface area contributed by atoms with Crippen LogP contribution in [0, 0.1) is 5.82 Å². The first-order valence-corrected chi connectivity index (χ1v) is 9.37. The number of ether oxygens (including phenoxy) is 2. The van der Waals surface area contributed by atoms with Crippen LogP contribution in [0.3, 0.4) is 0 Å². The monoisotopic (exact) mass is 403 g/mol. The Morgan fingerprint density at radius 2 is 1.70 bits per heavy atom. The van der Waals surface area contributed by atoms with Crippen LogP contribution in [0.1, 0.15) is 17.2 Å².